The third-order valence-electron chi connectivity index (χ3n) is 8.83. The Morgan fingerprint density at radius 1 is 0.925 bits per heavy atom. The van der Waals surface area contributed by atoms with Gasteiger partial charge in [0.1, 0.15) is 18.1 Å². The molecule has 18 heteroatoms. The molecule has 0 saturated carbocycles. The van der Waals surface area contributed by atoms with E-state index in [9.17, 15) is 34.2 Å². The summed E-state index contributed by atoms with van der Waals surface area (Å²) in [5.41, 5.74) is 2.66. The minimum Gasteiger partial charge on any atom is -0.477 e. The molecule has 2 atom stereocenters. The standard InChI is InChI=1S/C35H35ClN10O7/c1-19(2)27(17-47)41-35(53)39-23-6-3-20(4-7-23)13-30(31(48)38-24-8-9-25-21(14-24)15-26(40-25)34(51)52)45-12-11-44(32(49)33(45)50)29-16-22(36)5-10-28(29)46-18-37-42-43-46/h3-10,14-16,18-19,27,30,40,47H,11-13,17H2,1-2H3,(H,38,48)(H,51,52)(H2,39,41,53)/t27-,30-/m0/s1. The van der Waals surface area contributed by atoms with E-state index in [4.69, 9.17) is 11.6 Å². The molecule has 0 radical (unpaired) electrons. The molecule has 2 aromatic heterocycles. The monoisotopic (exact) mass is 742 g/mol. The van der Waals surface area contributed by atoms with Gasteiger partial charge in [-0.1, -0.05) is 37.6 Å². The Labute approximate surface area is 306 Å². The van der Waals surface area contributed by atoms with Gasteiger partial charge in [-0.05, 0) is 76.5 Å². The number of aliphatic hydroxyl groups excluding tert-OH is 1. The molecule has 0 spiro atoms. The molecule has 1 saturated heterocycles. The molecule has 0 aliphatic carbocycles. The van der Waals surface area contributed by atoms with Crippen LogP contribution in [0.15, 0.2) is 73.1 Å². The number of nitrogens with one attached hydrogen (secondary N) is 4. The van der Waals surface area contributed by atoms with E-state index in [1.807, 2.05) is 13.8 Å². The zero-order valence-electron chi connectivity index (χ0n) is 28.5. The van der Waals surface area contributed by atoms with Gasteiger partial charge < -0.3 is 40.9 Å². The number of hydrogen-bond acceptors (Lipinski definition) is 9. The van der Waals surface area contributed by atoms with E-state index in [2.05, 4.69) is 36.5 Å². The van der Waals surface area contributed by atoms with Crippen molar-refractivity contribution in [3.63, 3.8) is 0 Å². The predicted octanol–water partition coefficient (Wildman–Crippen LogP) is 3.06. The fourth-order valence-electron chi connectivity index (χ4n) is 5.96. The molecule has 1 fully saturated rings. The fourth-order valence-corrected chi connectivity index (χ4v) is 6.12. The van der Waals surface area contributed by atoms with Gasteiger partial charge in [0.2, 0.25) is 5.91 Å². The number of tetrazole rings is 1. The molecule has 6 rings (SSSR count). The van der Waals surface area contributed by atoms with Gasteiger partial charge in [-0.3, -0.25) is 14.4 Å². The maximum Gasteiger partial charge on any atom is 0.352 e. The summed E-state index contributed by atoms with van der Waals surface area (Å²) in [4.78, 5) is 71.0. The van der Waals surface area contributed by atoms with Gasteiger partial charge in [-0.2, -0.15) is 4.68 Å². The summed E-state index contributed by atoms with van der Waals surface area (Å²) in [5.74, 6) is -3.53. The number of anilines is 3. The van der Waals surface area contributed by atoms with Crippen molar-refractivity contribution in [3.05, 3.63) is 89.3 Å². The minimum absolute atomic E-state index is 0.000131. The van der Waals surface area contributed by atoms with Crippen molar-refractivity contribution < 1.29 is 34.2 Å². The second-order valence-corrected chi connectivity index (χ2v) is 13.1. The molecule has 53 heavy (non-hydrogen) atoms. The largest absolute Gasteiger partial charge is 0.477 e. The van der Waals surface area contributed by atoms with Crippen molar-refractivity contribution in [2.45, 2.75) is 32.4 Å². The fraction of sp³-hybridized carbons (Fsp3) is 0.257. The number of urea groups is 1. The first kappa shape index (κ1) is 36.5. The van der Waals surface area contributed by atoms with Gasteiger partial charge in [0.25, 0.3) is 0 Å². The highest BCUT2D eigenvalue weighted by Crippen LogP contribution is 2.30. The lowest BCUT2D eigenvalue weighted by atomic mass is 10.0. The number of aromatic carboxylic acids is 1. The van der Waals surface area contributed by atoms with Crippen molar-refractivity contribution in [1.29, 1.82) is 0 Å². The van der Waals surface area contributed by atoms with Gasteiger partial charge in [0, 0.05) is 46.8 Å². The Morgan fingerprint density at radius 2 is 1.68 bits per heavy atom. The lowest BCUT2D eigenvalue weighted by molar-refractivity contribution is -0.149. The van der Waals surface area contributed by atoms with Gasteiger partial charge in [0.15, 0.2) is 0 Å². The van der Waals surface area contributed by atoms with Crippen molar-refractivity contribution in [2.24, 2.45) is 5.92 Å². The first-order valence-electron chi connectivity index (χ1n) is 16.5. The van der Waals surface area contributed by atoms with E-state index in [1.165, 1.54) is 32.9 Å². The van der Waals surface area contributed by atoms with Crippen LogP contribution >= 0.6 is 11.6 Å². The molecule has 5 aromatic rings. The second-order valence-electron chi connectivity index (χ2n) is 12.7. The number of amides is 5. The maximum atomic E-state index is 14.1. The molecule has 3 aromatic carbocycles. The Kier molecular flexibility index (Phi) is 10.7. The topological polar surface area (TPSA) is 228 Å². The average molecular weight is 743 g/mol. The van der Waals surface area contributed by atoms with E-state index >= 15 is 0 Å². The molecule has 1 aliphatic heterocycles. The number of carbonyl (C=O) groups is 5. The molecule has 3 heterocycles. The van der Waals surface area contributed by atoms with Crippen LogP contribution in [-0.4, -0.2) is 102 Å². The van der Waals surface area contributed by atoms with Crippen molar-refractivity contribution in [3.8, 4) is 5.69 Å². The van der Waals surface area contributed by atoms with E-state index < -0.39 is 41.8 Å². The van der Waals surface area contributed by atoms with Crippen LogP contribution in [-0.2, 0) is 20.8 Å². The summed E-state index contributed by atoms with van der Waals surface area (Å²) >= 11 is 6.29. The van der Waals surface area contributed by atoms with E-state index in [-0.39, 0.29) is 37.7 Å². The number of hydrogen-bond donors (Lipinski definition) is 6. The smallest absolute Gasteiger partial charge is 0.352 e. The first-order chi connectivity index (χ1) is 25.4. The van der Waals surface area contributed by atoms with Crippen LogP contribution in [0.1, 0.15) is 29.9 Å². The molecule has 274 valence electrons. The lowest BCUT2D eigenvalue weighted by Crippen LogP contribution is -2.60. The molecule has 0 bridgehead atoms. The van der Waals surface area contributed by atoms with Crippen molar-refractivity contribution >= 4 is 69.3 Å². The average Bonchev–Trinajstić information content (AvgIpc) is 3.82. The van der Waals surface area contributed by atoms with Crippen LogP contribution in [0.2, 0.25) is 5.02 Å². The molecule has 5 amide bonds. The SMILES string of the molecule is CC(C)[C@H](CO)NC(=O)Nc1ccc(C[C@@H](C(=O)Nc2ccc3[nH]c(C(=O)O)cc3c2)N2CCN(c3cc(Cl)ccc3-n3cnnn3)C(=O)C2=O)cc1. The highest BCUT2D eigenvalue weighted by molar-refractivity contribution is 6.41. The highest BCUT2D eigenvalue weighted by atomic mass is 35.5. The molecular weight excluding hydrogens is 708 g/mol. The third-order valence-corrected chi connectivity index (χ3v) is 9.07. The van der Waals surface area contributed by atoms with Crippen LogP contribution in [0.5, 0.6) is 0 Å². The van der Waals surface area contributed by atoms with E-state index in [1.54, 1.807) is 54.6 Å². The number of carboxylic acids is 1. The number of aromatic nitrogens is 5. The van der Waals surface area contributed by atoms with Crippen LogP contribution < -0.4 is 20.9 Å². The number of aliphatic hydroxyl groups is 1. The van der Waals surface area contributed by atoms with Crippen molar-refractivity contribution in [1.82, 2.24) is 35.4 Å². The van der Waals surface area contributed by atoms with E-state index in [0.29, 0.717) is 44.2 Å². The van der Waals surface area contributed by atoms with Crippen LogP contribution in [0.3, 0.4) is 0 Å². The Hall–Kier alpha value is -6.33. The summed E-state index contributed by atoms with van der Waals surface area (Å²) in [6.45, 7) is 3.52. The van der Waals surface area contributed by atoms with Crippen molar-refractivity contribution in [2.75, 3.05) is 35.2 Å². The maximum absolute atomic E-state index is 14.1. The number of halogens is 1. The lowest BCUT2D eigenvalue weighted by Gasteiger charge is -2.38. The van der Waals surface area contributed by atoms with Crippen LogP contribution in [0, 0.1) is 5.92 Å². The molecule has 17 nitrogen and oxygen atoms in total. The number of benzene rings is 3. The Balaban J connectivity index is 1.25. The Morgan fingerprint density at radius 3 is 2.36 bits per heavy atom. The van der Waals surface area contributed by atoms with Crippen LogP contribution in [0.4, 0.5) is 21.9 Å². The van der Waals surface area contributed by atoms with Gasteiger partial charge in [-0.25, -0.2) is 9.59 Å². The molecule has 1 aliphatic rings. The Bertz CT molecular complexity index is 2170. The summed E-state index contributed by atoms with van der Waals surface area (Å²) in [5, 5.41) is 39.3. The quantitative estimate of drug-likeness (QED) is 0.102. The van der Waals surface area contributed by atoms with Gasteiger partial charge in [0.05, 0.1) is 24.0 Å². The van der Waals surface area contributed by atoms with E-state index in [0.717, 1.165) is 0 Å². The highest BCUT2D eigenvalue weighted by Gasteiger charge is 2.40. The first-order valence-corrected chi connectivity index (χ1v) is 16.9. The predicted molar refractivity (Wildman–Crippen MR) is 194 cm³/mol. The van der Waals surface area contributed by atoms with Crippen LogP contribution in [0.25, 0.3) is 16.6 Å². The summed E-state index contributed by atoms with van der Waals surface area (Å²) < 4.78 is 1.34. The number of carbonyl (C=O) groups excluding carboxylic acids is 4. The normalized spacial score (nSPS) is 14.4. The number of H-pyrrole nitrogens is 1. The van der Waals surface area contributed by atoms with Gasteiger partial charge in [-0.15, -0.1) is 5.10 Å². The number of nitrogens with zero attached hydrogens (tertiary/aromatic N) is 6. The number of rotatable bonds is 12. The number of carboxylic acid groups (broad SMARTS) is 1. The minimum atomic E-state index is -1.16. The summed E-state index contributed by atoms with van der Waals surface area (Å²) in [7, 11) is 0. The molecule has 0 unspecified atom stereocenters. The zero-order valence-corrected chi connectivity index (χ0v) is 29.2. The second kappa shape index (κ2) is 15.5. The number of fused-ring (bicyclic) bond motifs is 1. The number of piperazine rings is 1. The molecule has 6 N–H and O–H groups in total. The number of aromatic amines is 1. The summed E-state index contributed by atoms with van der Waals surface area (Å²) in [6.07, 6.45) is 1.34. The molecular formula is C35H35ClN10O7. The van der Waals surface area contributed by atoms with Gasteiger partial charge >= 0.3 is 23.8 Å². The third kappa shape index (κ3) is 8.10. The zero-order chi connectivity index (χ0) is 37.8. The summed E-state index contributed by atoms with van der Waals surface area (Å²) in [6, 6.07) is 15.6.